The van der Waals surface area contributed by atoms with Crippen LogP contribution in [-0.2, 0) is 11.2 Å². The molecule has 0 unspecified atom stereocenters. The molecular weight excluding hydrogens is 360 g/mol. The molecule has 1 amide bonds. The number of nitrogens with one attached hydrogen (secondary N) is 1. The van der Waals surface area contributed by atoms with Crippen LogP contribution >= 0.6 is 11.3 Å². The summed E-state index contributed by atoms with van der Waals surface area (Å²) in [6.07, 6.45) is 0.293. The Labute approximate surface area is 163 Å². The van der Waals surface area contributed by atoms with Crippen LogP contribution in [0.4, 0.5) is 5.13 Å². The first-order valence-electron chi connectivity index (χ1n) is 8.54. The lowest BCUT2D eigenvalue weighted by molar-refractivity contribution is -0.115. The van der Waals surface area contributed by atoms with Crippen molar-refractivity contribution in [3.8, 4) is 22.8 Å². The Balaban J connectivity index is 1.67. The highest BCUT2D eigenvalue weighted by atomic mass is 32.1. The van der Waals surface area contributed by atoms with Crippen molar-refractivity contribution >= 4 is 22.4 Å². The molecular formula is C21H22N2O3S. The molecule has 0 atom stereocenters. The fraction of sp³-hybridized carbons (Fsp3) is 0.238. The lowest BCUT2D eigenvalue weighted by atomic mass is 10.1. The molecule has 27 heavy (non-hydrogen) atoms. The topological polar surface area (TPSA) is 60.5 Å². The summed E-state index contributed by atoms with van der Waals surface area (Å²) in [6, 6.07) is 11.7. The fourth-order valence-corrected chi connectivity index (χ4v) is 3.64. The van der Waals surface area contributed by atoms with Gasteiger partial charge in [-0.05, 0) is 54.8 Å². The number of carbonyl (C=O) groups excluding carboxylic acids is 1. The van der Waals surface area contributed by atoms with Gasteiger partial charge in [0.1, 0.15) is 11.5 Å². The monoisotopic (exact) mass is 382 g/mol. The van der Waals surface area contributed by atoms with Crippen molar-refractivity contribution in [3.05, 3.63) is 58.5 Å². The predicted molar refractivity (Wildman–Crippen MR) is 109 cm³/mol. The second-order valence-corrected chi connectivity index (χ2v) is 7.11. The Morgan fingerprint density at radius 3 is 2.33 bits per heavy atom. The third kappa shape index (κ3) is 4.46. The van der Waals surface area contributed by atoms with E-state index < -0.39 is 0 Å². The number of benzene rings is 2. The molecule has 0 saturated carbocycles. The molecule has 0 saturated heterocycles. The van der Waals surface area contributed by atoms with Crippen molar-refractivity contribution in [2.75, 3.05) is 19.5 Å². The van der Waals surface area contributed by atoms with Gasteiger partial charge >= 0.3 is 0 Å². The van der Waals surface area contributed by atoms with Crippen molar-refractivity contribution in [3.63, 3.8) is 0 Å². The highest BCUT2D eigenvalue weighted by Crippen LogP contribution is 2.29. The Bertz CT molecular complexity index is 966. The maximum atomic E-state index is 12.3. The Hall–Kier alpha value is -2.86. The van der Waals surface area contributed by atoms with Gasteiger partial charge in [-0.1, -0.05) is 12.1 Å². The van der Waals surface area contributed by atoms with E-state index in [1.807, 2.05) is 55.6 Å². The molecule has 0 radical (unpaired) electrons. The maximum Gasteiger partial charge on any atom is 0.230 e. The number of hydrogen-bond acceptors (Lipinski definition) is 5. The minimum Gasteiger partial charge on any atom is -0.496 e. The van der Waals surface area contributed by atoms with E-state index in [0.717, 1.165) is 39.4 Å². The van der Waals surface area contributed by atoms with E-state index in [9.17, 15) is 4.79 Å². The summed E-state index contributed by atoms with van der Waals surface area (Å²) in [6.45, 7) is 3.96. The van der Waals surface area contributed by atoms with Crippen LogP contribution in [0, 0.1) is 13.8 Å². The van der Waals surface area contributed by atoms with Crippen LogP contribution in [0.15, 0.2) is 41.8 Å². The van der Waals surface area contributed by atoms with Crippen LogP contribution in [0.1, 0.15) is 16.7 Å². The van der Waals surface area contributed by atoms with Crippen molar-refractivity contribution in [1.82, 2.24) is 4.98 Å². The molecule has 6 heteroatoms. The Kier molecular flexibility index (Phi) is 5.76. The van der Waals surface area contributed by atoms with Gasteiger partial charge in [-0.15, -0.1) is 11.3 Å². The Morgan fingerprint density at radius 1 is 1.04 bits per heavy atom. The predicted octanol–water partition coefficient (Wildman–Crippen LogP) is 4.63. The van der Waals surface area contributed by atoms with Gasteiger partial charge in [-0.3, -0.25) is 4.79 Å². The van der Waals surface area contributed by atoms with Gasteiger partial charge in [0, 0.05) is 10.9 Å². The van der Waals surface area contributed by atoms with Gasteiger partial charge in [0.05, 0.1) is 26.3 Å². The summed E-state index contributed by atoms with van der Waals surface area (Å²) in [7, 11) is 3.29. The van der Waals surface area contributed by atoms with E-state index in [1.165, 1.54) is 11.3 Å². The molecule has 0 spiro atoms. The number of hydrogen-bond donors (Lipinski definition) is 1. The van der Waals surface area contributed by atoms with Crippen LogP contribution < -0.4 is 14.8 Å². The van der Waals surface area contributed by atoms with Crippen LogP contribution in [0.3, 0.4) is 0 Å². The number of anilines is 1. The van der Waals surface area contributed by atoms with Crippen LogP contribution in [0.5, 0.6) is 11.5 Å². The summed E-state index contributed by atoms with van der Waals surface area (Å²) in [5.41, 5.74) is 4.82. The van der Waals surface area contributed by atoms with Gasteiger partial charge < -0.3 is 14.8 Å². The molecule has 2 aromatic carbocycles. The zero-order valence-electron chi connectivity index (χ0n) is 15.8. The van der Waals surface area contributed by atoms with Gasteiger partial charge in [0.2, 0.25) is 5.91 Å². The van der Waals surface area contributed by atoms with Crippen LogP contribution in [-0.4, -0.2) is 25.1 Å². The van der Waals surface area contributed by atoms with E-state index in [1.54, 1.807) is 14.2 Å². The number of aryl methyl sites for hydroxylation is 2. The summed E-state index contributed by atoms with van der Waals surface area (Å²) in [5, 5.41) is 5.41. The molecule has 0 bridgehead atoms. The third-order valence-corrected chi connectivity index (χ3v) is 5.02. The van der Waals surface area contributed by atoms with Gasteiger partial charge in [0.15, 0.2) is 5.13 Å². The number of ether oxygens (including phenoxy) is 2. The Morgan fingerprint density at radius 2 is 1.70 bits per heavy atom. The van der Waals surface area contributed by atoms with Crippen molar-refractivity contribution in [2.24, 2.45) is 0 Å². The smallest absolute Gasteiger partial charge is 0.230 e. The molecule has 1 aromatic heterocycles. The van der Waals surface area contributed by atoms with Crippen molar-refractivity contribution in [2.45, 2.75) is 20.3 Å². The molecule has 1 heterocycles. The second kappa shape index (κ2) is 8.22. The minimum absolute atomic E-state index is 0.0913. The lowest BCUT2D eigenvalue weighted by Crippen LogP contribution is -2.14. The van der Waals surface area contributed by atoms with E-state index in [-0.39, 0.29) is 5.91 Å². The minimum atomic E-state index is -0.0913. The normalized spacial score (nSPS) is 10.5. The van der Waals surface area contributed by atoms with E-state index in [2.05, 4.69) is 10.3 Å². The average Bonchev–Trinajstić information content (AvgIpc) is 3.10. The number of carbonyl (C=O) groups is 1. The largest absolute Gasteiger partial charge is 0.496 e. The van der Waals surface area contributed by atoms with Crippen molar-refractivity contribution in [1.29, 1.82) is 0 Å². The third-order valence-electron chi connectivity index (χ3n) is 4.27. The lowest BCUT2D eigenvalue weighted by Gasteiger charge is -2.07. The standard InChI is InChI=1S/C21H22N2O3S/c1-13-9-15(5-7-18(13)25-3)11-20(24)23-21-22-17(12-27-21)16-6-8-19(26-4)14(2)10-16/h5-10,12H,11H2,1-4H3,(H,22,23,24). The number of aromatic nitrogens is 1. The number of nitrogens with zero attached hydrogens (tertiary/aromatic N) is 1. The zero-order chi connectivity index (χ0) is 19.4. The van der Waals surface area contributed by atoms with E-state index >= 15 is 0 Å². The maximum absolute atomic E-state index is 12.3. The molecule has 0 fully saturated rings. The summed E-state index contributed by atoms with van der Waals surface area (Å²) in [5.74, 6) is 1.57. The molecule has 0 aliphatic carbocycles. The molecule has 5 nitrogen and oxygen atoms in total. The molecule has 0 aliphatic heterocycles. The average molecular weight is 382 g/mol. The number of amides is 1. The van der Waals surface area contributed by atoms with Crippen LogP contribution in [0.2, 0.25) is 0 Å². The first-order valence-corrected chi connectivity index (χ1v) is 9.42. The van der Waals surface area contributed by atoms with Gasteiger partial charge in [0.25, 0.3) is 0 Å². The first kappa shape index (κ1) is 18.9. The van der Waals surface area contributed by atoms with E-state index in [4.69, 9.17) is 9.47 Å². The fourth-order valence-electron chi connectivity index (χ4n) is 2.90. The van der Waals surface area contributed by atoms with Gasteiger partial charge in [-0.25, -0.2) is 4.98 Å². The highest BCUT2D eigenvalue weighted by molar-refractivity contribution is 7.14. The summed E-state index contributed by atoms with van der Waals surface area (Å²) >= 11 is 1.41. The SMILES string of the molecule is COc1ccc(CC(=O)Nc2nc(-c3ccc(OC)c(C)c3)cs2)cc1C. The van der Waals surface area contributed by atoms with Gasteiger partial charge in [-0.2, -0.15) is 0 Å². The summed E-state index contributed by atoms with van der Waals surface area (Å²) in [4.78, 5) is 16.9. The van der Waals surface area contributed by atoms with Crippen LogP contribution in [0.25, 0.3) is 11.3 Å². The number of methoxy groups -OCH3 is 2. The molecule has 140 valence electrons. The molecule has 0 aliphatic rings. The second-order valence-electron chi connectivity index (χ2n) is 6.25. The quantitative estimate of drug-likeness (QED) is 0.675. The highest BCUT2D eigenvalue weighted by Gasteiger charge is 2.11. The first-order chi connectivity index (χ1) is 13.0. The summed E-state index contributed by atoms with van der Waals surface area (Å²) < 4.78 is 10.5. The molecule has 3 aromatic rings. The molecule has 1 N–H and O–H groups in total. The zero-order valence-corrected chi connectivity index (χ0v) is 16.6. The number of thiazole rings is 1. The van der Waals surface area contributed by atoms with Crippen molar-refractivity contribution < 1.29 is 14.3 Å². The number of rotatable bonds is 6. The molecule has 3 rings (SSSR count). The van der Waals surface area contributed by atoms with E-state index in [0.29, 0.717) is 11.6 Å².